The third-order valence-electron chi connectivity index (χ3n) is 6.22. The molecule has 1 aromatic heterocycles. The van der Waals surface area contributed by atoms with E-state index in [1.165, 1.54) is 64.3 Å². The summed E-state index contributed by atoms with van der Waals surface area (Å²) in [7, 11) is 1.52. The summed E-state index contributed by atoms with van der Waals surface area (Å²) in [6, 6.07) is 9.38. The molecule has 2 unspecified atom stereocenters. The van der Waals surface area contributed by atoms with Crippen molar-refractivity contribution in [3.05, 3.63) is 82.4 Å². The highest BCUT2D eigenvalue weighted by molar-refractivity contribution is 6.03. The second-order valence-electron chi connectivity index (χ2n) is 8.27. The zero-order chi connectivity index (χ0) is 24.6. The van der Waals surface area contributed by atoms with Crippen LogP contribution >= 0.6 is 0 Å². The third-order valence-corrected chi connectivity index (χ3v) is 6.22. The number of carbonyl (C=O) groups is 3. The molecule has 2 aliphatic rings. The molecule has 0 spiro atoms. The first kappa shape index (κ1) is 23.0. The fraction of sp³-hybridized carbons (Fsp3) is 0.304. The predicted molar refractivity (Wildman–Crippen MR) is 117 cm³/mol. The fourth-order valence-corrected chi connectivity index (χ4v) is 4.60. The van der Waals surface area contributed by atoms with Gasteiger partial charge >= 0.3 is 5.91 Å². The van der Waals surface area contributed by atoms with E-state index in [0.717, 1.165) is 0 Å². The molecule has 1 fully saturated rings. The Bertz CT molecular complexity index is 1170. The lowest BCUT2D eigenvalue weighted by Gasteiger charge is -2.52. The van der Waals surface area contributed by atoms with Gasteiger partial charge in [-0.1, -0.05) is 12.1 Å². The molecule has 178 valence electrons. The lowest BCUT2D eigenvalue weighted by atomic mass is 9.94. The molecule has 3 amide bonds. The van der Waals surface area contributed by atoms with Crippen LogP contribution in [0, 0.1) is 11.0 Å². The van der Waals surface area contributed by atoms with Gasteiger partial charge in [0, 0.05) is 32.3 Å². The van der Waals surface area contributed by atoms with Crippen molar-refractivity contribution in [2.45, 2.75) is 31.6 Å². The Hall–Kier alpha value is -4.15. The average Bonchev–Trinajstić information content (AvgIpc) is 2.82. The molecule has 0 aliphatic carbocycles. The summed E-state index contributed by atoms with van der Waals surface area (Å²) < 4.78 is 13.9. The number of nitrogens with zero attached hydrogens (tertiary/aromatic N) is 4. The Morgan fingerprint density at radius 1 is 1.26 bits per heavy atom. The van der Waals surface area contributed by atoms with Crippen LogP contribution < -0.4 is 10.5 Å². The minimum absolute atomic E-state index is 0.0164. The number of fused-ring (bicyclic) bond motifs is 1. The van der Waals surface area contributed by atoms with Crippen LogP contribution in [-0.4, -0.2) is 63.3 Å². The molecular formula is C23H24FN5O5. The maximum atomic E-state index is 13.4. The summed E-state index contributed by atoms with van der Waals surface area (Å²) in [5.74, 6) is -3.55. The van der Waals surface area contributed by atoms with Crippen molar-refractivity contribution < 1.29 is 28.6 Å². The summed E-state index contributed by atoms with van der Waals surface area (Å²) >= 11 is 0. The largest absolute Gasteiger partial charge is 0.618 e. The van der Waals surface area contributed by atoms with Gasteiger partial charge in [-0.05, 0) is 36.6 Å². The van der Waals surface area contributed by atoms with Crippen LogP contribution in [-0.2, 0) is 16.1 Å². The number of hydrogen-bond donors (Lipinski definition) is 2. The number of aliphatic hydroxyl groups excluding tert-OH is 1. The van der Waals surface area contributed by atoms with E-state index in [0.29, 0.717) is 23.1 Å². The third kappa shape index (κ3) is 4.00. The molecular weight excluding hydrogens is 445 g/mol. The van der Waals surface area contributed by atoms with Gasteiger partial charge in [0.05, 0.1) is 6.04 Å². The van der Waals surface area contributed by atoms with Crippen LogP contribution in [0.15, 0.2) is 60.1 Å². The van der Waals surface area contributed by atoms with Crippen molar-refractivity contribution in [3.8, 4) is 0 Å². The number of pyridine rings is 1. The van der Waals surface area contributed by atoms with E-state index >= 15 is 0 Å². The molecule has 0 bridgehead atoms. The van der Waals surface area contributed by atoms with Crippen molar-refractivity contribution >= 4 is 17.7 Å². The second kappa shape index (κ2) is 9.00. The summed E-state index contributed by atoms with van der Waals surface area (Å²) in [5.41, 5.74) is 5.68. The Balaban J connectivity index is 1.77. The van der Waals surface area contributed by atoms with Crippen LogP contribution in [0.4, 0.5) is 4.39 Å². The maximum Gasteiger partial charge on any atom is 0.320 e. The number of benzene rings is 1. The number of aromatic nitrogens is 1. The summed E-state index contributed by atoms with van der Waals surface area (Å²) in [6.07, 6.45) is 1.36. The Kier molecular flexibility index (Phi) is 6.10. The highest BCUT2D eigenvalue weighted by Crippen LogP contribution is 2.34. The first-order chi connectivity index (χ1) is 16.2. The lowest BCUT2D eigenvalue weighted by Crippen LogP contribution is -2.67. The Morgan fingerprint density at radius 2 is 1.97 bits per heavy atom. The summed E-state index contributed by atoms with van der Waals surface area (Å²) in [4.78, 5) is 42.7. The minimum atomic E-state index is -1.01. The molecule has 3 N–H and O–H groups in total. The summed E-state index contributed by atoms with van der Waals surface area (Å²) in [5, 5.41) is 22.7. The van der Waals surface area contributed by atoms with Crippen LogP contribution in [0.2, 0.25) is 0 Å². The second-order valence-corrected chi connectivity index (χ2v) is 8.27. The zero-order valence-electron chi connectivity index (χ0n) is 18.4. The number of piperidine rings is 1. The normalized spacial score (nSPS) is 20.2. The van der Waals surface area contributed by atoms with Crippen molar-refractivity contribution in [1.82, 2.24) is 14.7 Å². The van der Waals surface area contributed by atoms with Gasteiger partial charge in [-0.3, -0.25) is 14.4 Å². The molecule has 0 saturated carbocycles. The van der Waals surface area contributed by atoms with Gasteiger partial charge in [-0.25, -0.2) is 4.39 Å². The number of likely N-dealkylation sites (N-methyl/N-ethyl adjacent to an activating group) is 1. The SMILES string of the molecule is CN(C(=O)c1cccc[n+]1[O-])C1CCCN2C(=O)C(O)=C(C(N)=O)N(Cc3ccc(F)cc3)C12. The smallest absolute Gasteiger partial charge is 0.320 e. The first-order valence-electron chi connectivity index (χ1n) is 10.7. The molecule has 10 nitrogen and oxygen atoms in total. The molecule has 34 heavy (non-hydrogen) atoms. The van der Waals surface area contributed by atoms with Gasteiger partial charge < -0.3 is 30.7 Å². The molecule has 1 saturated heterocycles. The van der Waals surface area contributed by atoms with E-state index in [2.05, 4.69) is 0 Å². The number of carbonyl (C=O) groups excluding carboxylic acids is 3. The van der Waals surface area contributed by atoms with E-state index in [4.69, 9.17) is 5.73 Å². The average molecular weight is 469 g/mol. The van der Waals surface area contributed by atoms with E-state index in [-0.39, 0.29) is 24.5 Å². The number of nitrogens with two attached hydrogens (primary N) is 1. The number of amides is 3. The molecule has 11 heteroatoms. The van der Waals surface area contributed by atoms with Gasteiger partial charge in [0.2, 0.25) is 5.76 Å². The van der Waals surface area contributed by atoms with Crippen LogP contribution in [0.25, 0.3) is 0 Å². The summed E-state index contributed by atoms with van der Waals surface area (Å²) in [6.45, 7) is 0.299. The molecule has 2 atom stereocenters. The maximum absolute atomic E-state index is 13.4. The quantitative estimate of drug-likeness (QED) is 0.487. The number of primary amides is 1. The van der Waals surface area contributed by atoms with E-state index in [9.17, 15) is 29.1 Å². The zero-order valence-corrected chi connectivity index (χ0v) is 18.4. The van der Waals surface area contributed by atoms with Crippen molar-refractivity contribution in [2.24, 2.45) is 5.73 Å². The highest BCUT2D eigenvalue weighted by Gasteiger charge is 2.49. The molecule has 2 aromatic rings. The first-order valence-corrected chi connectivity index (χ1v) is 10.7. The molecule has 2 aliphatic heterocycles. The molecule has 4 rings (SSSR count). The van der Waals surface area contributed by atoms with Crippen LogP contribution in [0.1, 0.15) is 28.9 Å². The van der Waals surface area contributed by atoms with Gasteiger partial charge in [0.15, 0.2) is 11.9 Å². The number of halogens is 1. The Morgan fingerprint density at radius 3 is 2.62 bits per heavy atom. The lowest BCUT2D eigenvalue weighted by molar-refractivity contribution is -0.608. The predicted octanol–water partition coefficient (Wildman–Crippen LogP) is 0.619. The van der Waals surface area contributed by atoms with E-state index in [1.807, 2.05) is 0 Å². The van der Waals surface area contributed by atoms with Crippen molar-refractivity contribution in [3.63, 3.8) is 0 Å². The minimum Gasteiger partial charge on any atom is -0.618 e. The van der Waals surface area contributed by atoms with Gasteiger partial charge in [0.25, 0.3) is 17.5 Å². The van der Waals surface area contributed by atoms with Crippen molar-refractivity contribution in [2.75, 3.05) is 13.6 Å². The number of hydrogen-bond acceptors (Lipinski definition) is 6. The van der Waals surface area contributed by atoms with E-state index < -0.39 is 41.5 Å². The topological polar surface area (TPSA) is 134 Å². The Labute approximate surface area is 194 Å². The van der Waals surface area contributed by atoms with Gasteiger partial charge in [-0.2, -0.15) is 4.73 Å². The van der Waals surface area contributed by atoms with Gasteiger partial charge in [-0.15, -0.1) is 0 Å². The van der Waals surface area contributed by atoms with Crippen LogP contribution in [0.5, 0.6) is 0 Å². The van der Waals surface area contributed by atoms with Crippen LogP contribution in [0.3, 0.4) is 0 Å². The number of aliphatic hydroxyl groups is 1. The molecule has 0 radical (unpaired) electrons. The monoisotopic (exact) mass is 469 g/mol. The molecule has 3 heterocycles. The molecule has 1 aromatic carbocycles. The van der Waals surface area contributed by atoms with E-state index in [1.54, 1.807) is 6.07 Å². The fourth-order valence-electron chi connectivity index (χ4n) is 4.60. The van der Waals surface area contributed by atoms with Gasteiger partial charge in [0.1, 0.15) is 12.0 Å². The highest BCUT2D eigenvalue weighted by atomic mass is 19.1. The van der Waals surface area contributed by atoms with Crippen molar-refractivity contribution in [1.29, 1.82) is 0 Å². The number of rotatable bonds is 5. The standard InChI is InChI=1S/C23H24FN5O5/c1-26(22(32)17-5-2-3-12-29(17)34)16-6-4-11-27-21(16)28(13-14-7-9-15(24)10-8-14)18(20(25)31)19(30)23(27)33/h2-3,5,7-10,12,16,21,30H,4,6,11,13H2,1H3,(H2,25,31).